The van der Waals surface area contributed by atoms with Gasteiger partial charge in [0, 0.05) is 6.08 Å². The second kappa shape index (κ2) is 26.4. The summed E-state index contributed by atoms with van der Waals surface area (Å²) < 4.78 is 0. The Labute approximate surface area is 200 Å². The van der Waals surface area contributed by atoms with Crippen molar-refractivity contribution in [3.05, 3.63) is 12.2 Å². The first kappa shape index (κ1) is 31.2. The van der Waals surface area contributed by atoms with Crippen molar-refractivity contribution < 1.29 is 15.0 Å². The molecule has 1 atom stereocenters. The van der Waals surface area contributed by atoms with Gasteiger partial charge in [-0.15, -0.1) is 0 Å². The largest absolute Gasteiger partial charge is 0.478 e. The van der Waals surface area contributed by atoms with Gasteiger partial charge in [-0.3, -0.25) is 0 Å². The van der Waals surface area contributed by atoms with E-state index in [9.17, 15) is 9.90 Å². The Kier molecular flexibility index (Phi) is 25.7. The van der Waals surface area contributed by atoms with Crippen LogP contribution in [0.5, 0.6) is 0 Å². The molecule has 0 heterocycles. The maximum Gasteiger partial charge on any atom is 0.328 e. The van der Waals surface area contributed by atoms with Gasteiger partial charge in [-0.25, -0.2) is 4.79 Å². The summed E-state index contributed by atoms with van der Waals surface area (Å²) in [4.78, 5) is 10.4. The minimum absolute atomic E-state index is 0.610. The lowest BCUT2D eigenvalue weighted by Gasteiger charge is -2.05. The molecule has 0 spiro atoms. The first-order valence-electron chi connectivity index (χ1n) is 14.3. The SMILES string of the molecule is CCCCCCCCCCCCCCCCCCCCCCCCCC(O)C=CC(=O)O. The zero-order chi connectivity index (χ0) is 23.5. The number of carbonyl (C=O) groups is 1. The number of carboxylic acid groups (broad SMARTS) is 1. The van der Waals surface area contributed by atoms with Crippen LogP contribution < -0.4 is 0 Å². The maximum atomic E-state index is 10.4. The van der Waals surface area contributed by atoms with Gasteiger partial charge in [0.1, 0.15) is 0 Å². The highest BCUT2D eigenvalue weighted by Gasteiger charge is 2.00. The predicted molar refractivity (Wildman–Crippen MR) is 139 cm³/mol. The fraction of sp³-hybridized carbons (Fsp3) is 0.897. The van der Waals surface area contributed by atoms with E-state index in [1.54, 1.807) is 0 Å². The molecule has 0 aliphatic rings. The highest BCUT2D eigenvalue weighted by atomic mass is 16.4. The number of rotatable bonds is 26. The van der Waals surface area contributed by atoms with Crippen molar-refractivity contribution >= 4 is 5.97 Å². The molecular weight excluding hydrogens is 396 g/mol. The minimum atomic E-state index is -0.992. The van der Waals surface area contributed by atoms with Gasteiger partial charge in [-0.05, 0) is 12.5 Å². The van der Waals surface area contributed by atoms with Gasteiger partial charge < -0.3 is 10.2 Å². The summed E-state index contributed by atoms with van der Waals surface area (Å²) in [6.45, 7) is 2.29. The topological polar surface area (TPSA) is 57.5 Å². The van der Waals surface area contributed by atoms with Crippen molar-refractivity contribution in [1.82, 2.24) is 0 Å². The van der Waals surface area contributed by atoms with Crippen LogP contribution in [-0.4, -0.2) is 22.3 Å². The van der Waals surface area contributed by atoms with E-state index in [0.717, 1.165) is 18.9 Å². The number of aliphatic carboxylic acids is 1. The molecule has 0 aliphatic heterocycles. The molecule has 3 heteroatoms. The maximum absolute atomic E-state index is 10.4. The van der Waals surface area contributed by atoms with E-state index >= 15 is 0 Å². The van der Waals surface area contributed by atoms with E-state index in [0.29, 0.717) is 6.42 Å². The zero-order valence-corrected chi connectivity index (χ0v) is 21.5. The molecule has 0 rings (SSSR count). The standard InChI is InChI=1S/C29H56O3/c1-2-3-4-5-6-7-8-9-10-11-12-13-14-15-16-17-18-19-20-21-22-23-24-25-28(30)26-27-29(31)32/h26-28,30H,2-25H2,1H3,(H,31,32). The van der Waals surface area contributed by atoms with Crippen molar-refractivity contribution in [2.75, 3.05) is 0 Å². The lowest BCUT2D eigenvalue weighted by molar-refractivity contribution is -0.131. The zero-order valence-electron chi connectivity index (χ0n) is 21.5. The summed E-state index contributed by atoms with van der Waals surface area (Å²) in [7, 11) is 0. The number of aliphatic hydroxyl groups is 1. The summed E-state index contributed by atoms with van der Waals surface area (Å²) in [6, 6.07) is 0. The predicted octanol–water partition coefficient (Wildman–Crippen LogP) is 9.37. The van der Waals surface area contributed by atoms with E-state index in [1.807, 2.05) is 0 Å². The number of carboxylic acids is 1. The molecule has 0 aromatic heterocycles. The fourth-order valence-corrected chi connectivity index (χ4v) is 4.43. The molecule has 3 nitrogen and oxygen atoms in total. The number of aliphatic hydroxyl groups excluding tert-OH is 1. The molecular formula is C29H56O3. The van der Waals surface area contributed by atoms with Gasteiger partial charge in [0.05, 0.1) is 6.10 Å². The monoisotopic (exact) mass is 452 g/mol. The molecule has 0 radical (unpaired) electrons. The average molecular weight is 453 g/mol. The van der Waals surface area contributed by atoms with E-state index < -0.39 is 12.1 Å². The molecule has 0 fully saturated rings. The third kappa shape index (κ3) is 27.2. The van der Waals surface area contributed by atoms with E-state index in [1.165, 1.54) is 141 Å². The molecule has 0 aromatic carbocycles. The number of hydrogen-bond donors (Lipinski definition) is 2. The van der Waals surface area contributed by atoms with Crippen LogP contribution >= 0.6 is 0 Å². The van der Waals surface area contributed by atoms with Crippen molar-refractivity contribution in [3.8, 4) is 0 Å². The first-order chi connectivity index (χ1) is 15.7. The highest BCUT2D eigenvalue weighted by molar-refractivity contribution is 5.79. The van der Waals surface area contributed by atoms with Gasteiger partial charge >= 0.3 is 5.97 Å². The Morgan fingerprint density at radius 1 is 0.562 bits per heavy atom. The molecule has 1 unspecified atom stereocenters. The Morgan fingerprint density at radius 2 is 0.844 bits per heavy atom. The van der Waals surface area contributed by atoms with Crippen LogP contribution in [0.25, 0.3) is 0 Å². The molecule has 2 N–H and O–H groups in total. The molecule has 0 aromatic rings. The van der Waals surface area contributed by atoms with Crippen LogP contribution in [0.3, 0.4) is 0 Å². The van der Waals surface area contributed by atoms with Crippen LogP contribution in [0.2, 0.25) is 0 Å². The van der Waals surface area contributed by atoms with Gasteiger partial charge in [0.25, 0.3) is 0 Å². The third-order valence-electron chi connectivity index (χ3n) is 6.56. The van der Waals surface area contributed by atoms with Crippen LogP contribution in [-0.2, 0) is 4.79 Å². The molecule has 0 bridgehead atoms. The van der Waals surface area contributed by atoms with Gasteiger partial charge in [0.2, 0.25) is 0 Å². The molecule has 190 valence electrons. The Balaban J connectivity index is 3.10. The molecule has 32 heavy (non-hydrogen) atoms. The first-order valence-corrected chi connectivity index (χ1v) is 14.3. The molecule has 0 saturated carbocycles. The molecule has 0 aliphatic carbocycles. The van der Waals surface area contributed by atoms with E-state index in [2.05, 4.69) is 6.92 Å². The second-order valence-corrected chi connectivity index (χ2v) is 9.83. The number of unbranched alkanes of at least 4 members (excludes halogenated alkanes) is 22. The Bertz CT molecular complexity index is 405. The molecule has 0 amide bonds. The normalized spacial score (nSPS) is 12.6. The van der Waals surface area contributed by atoms with Crippen LogP contribution in [0.4, 0.5) is 0 Å². The van der Waals surface area contributed by atoms with Crippen LogP contribution in [0, 0.1) is 0 Å². The van der Waals surface area contributed by atoms with E-state index in [4.69, 9.17) is 5.11 Å². The highest BCUT2D eigenvalue weighted by Crippen LogP contribution is 2.15. The summed E-state index contributed by atoms with van der Waals surface area (Å²) >= 11 is 0. The van der Waals surface area contributed by atoms with Gasteiger partial charge in [-0.1, -0.05) is 155 Å². The van der Waals surface area contributed by atoms with Crippen molar-refractivity contribution in [1.29, 1.82) is 0 Å². The van der Waals surface area contributed by atoms with Crippen LogP contribution in [0.15, 0.2) is 12.2 Å². The second-order valence-electron chi connectivity index (χ2n) is 9.83. The van der Waals surface area contributed by atoms with Crippen molar-refractivity contribution in [2.24, 2.45) is 0 Å². The van der Waals surface area contributed by atoms with E-state index in [-0.39, 0.29) is 0 Å². The fourth-order valence-electron chi connectivity index (χ4n) is 4.43. The van der Waals surface area contributed by atoms with Gasteiger partial charge in [0.15, 0.2) is 0 Å². The number of hydrogen-bond acceptors (Lipinski definition) is 2. The third-order valence-corrected chi connectivity index (χ3v) is 6.56. The lowest BCUT2D eigenvalue weighted by Crippen LogP contribution is -2.03. The van der Waals surface area contributed by atoms with Crippen molar-refractivity contribution in [3.63, 3.8) is 0 Å². The summed E-state index contributed by atoms with van der Waals surface area (Å²) in [5, 5.41) is 18.1. The lowest BCUT2D eigenvalue weighted by atomic mass is 10.0. The summed E-state index contributed by atoms with van der Waals surface area (Å²) in [5.74, 6) is -0.992. The Morgan fingerprint density at radius 3 is 1.12 bits per heavy atom. The van der Waals surface area contributed by atoms with Crippen LogP contribution in [0.1, 0.15) is 161 Å². The van der Waals surface area contributed by atoms with Crippen molar-refractivity contribution in [2.45, 2.75) is 167 Å². The molecule has 0 saturated heterocycles. The quantitative estimate of drug-likeness (QED) is 0.101. The minimum Gasteiger partial charge on any atom is -0.478 e. The van der Waals surface area contributed by atoms with Gasteiger partial charge in [-0.2, -0.15) is 0 Å². The Hall–Kier alpha value is -0.830. The summed E-state index contributed by atoms with van der Waals surface area (Å²) in [6.07, 6.45) is 34.2. The smallest absolute Gasteiger partial charge is 0.328 e. The summed E-state index contributed by atoms with van der Waals surface area (Å²) in [5.41, 5.74) is 0. The average Bonchev–Trinajstić information content (AvgIpc) is 2.78.